The van der Waals surface area contributed by atoms with E-state index in [1.54, 1.807) is 17.9 Å². The second-order valence-corrected chi connectivity index (χ2v) is 7.70. The lowest BCUT2D eigenvalue weighted by molar-refractivity contribution is 0.363. The van der Waals surface area contributed by atoms with E-state index >= 15 is 0 Å². The molecule has 4 aromatic heterocycles. The highest BCUT2D eigenvalue weighted by atomic mass is 16.5. The van der Waals surface area contributed by atoms with Gasteiger partial charge in [-0.25, -0.2) is 15.0 Å². The molecule has 0 aromatic carbocycles. The van der Waals surface area contributed by atoms with Gasteiger partial charge in [-0.2, -0.15) is 4.98 Å². The Kier molecular flexibility index (Phi) is 3.37. The largest absolute Gasteiger partial charge is 0.356 e. The van der Waals surface area contributed by atoms with Crippen LogP contribution in [0.5, 0.6) is 0 Å². The molecule has 29 heavy (non-hydrogen) atoms. The topological polar surface area (TPSA) is 108 Å². The molecule has 2 fully saturated rings. The number of pyridine rings is 1. The predicted molar refractivity (Wildman–Crippen MR) is 102 cm³/mol. The first-order valence-electron chi connectivity index (χ1n) is 9.54. The number of hydrogen-bond acceptors (Lipinski definition) is 8. The first-order chi connectivity index (χ1) is 14.2. The number of rotatable bonds is 4. The second kappa shape index (κ2) is 5.97. The van der Waals surface area contributed by atoms with Gasteiger partial charge in [-0.05, 0) is 24.0 Å². The molecule has 0 radical (unpaired) electrons. The smallest absolute Gasteiger partial charge is 0.280 e. The monoisotopic (exact) mass is 390 g/mol. The number of hydrogen-bond donors (Lipinski definition) is 0. The molecule has 0 amide bonds. The van der Waals surface area contributed by atoms with Crippen LogP contribution in [-0.4, -0.2) is 47.3 Å². The van der Waals surface area contributed by atoms with Crippen molar-refractivity contribution in [2.45, 2.75) is 12.5 Å². The van der Waals surface area contributed by atoms with Gasteiger partial charge in [-0.15, -0.1) is 0 Å². The minimum atomic E-state index is -0.177. The molecule has 0 spiro atoms. The number of fused-ring (bicyclic) bond motifs is 2. The highest BCUT2D eigenvalue weighted by Crippen LogP contribution is 2.57. The summed E-state index contributed by atoms with van der Waals surface area (Å²) in [4.78, 5) is 32.3. The third kappa shape index (κ3) is 2.55. The number of piperidine rings is 1. The summed E-state index contributed by atoms with van der Waals surface area (Å²) < 4.78 is 8.56. The van der Waals surface area contributed by atoms with Gasteiger partial charge in [0.25, 0.3) is 5.56 Å². The minimum absolute atomic E-state index is 0.177. The van der Waals surface area contributed by atoms with Crippen LogP contribution < -0.4 is 10.5 Å². The lowest BCUT2D eigenvalue weighted by atomic mass is 10.2. The average molecular weight is 390 g/mol. The molecule has 0 N–H and O–H groups in total. The Balaban J connectivity index is 1.18. The molecule has 10 nitrogen and oxygen atoms in total. The van der Waals surface area contributed by atoms with Crippen molar-refractivity contribution in [2.24, 2.45) is 18.9 Å². The van der Waals surface area contributed by atoms with E-state index in [0.717, 1.165) is 24.7 Å². The van der Waals surface area contributed by atoms with Crippen LogP contribution in [0.15, 0.2) is 46.4 Å². The molecular weight excluding hydrogens is 372 g/mol. The van der Waals surface area contributed by atoms with Crippen molar-refractivity contribution in [3.8, 4) is 0 Å². The Labute approximate surface area is 164 Å². The molecule has 146 valence electrons. The first-order valence-corrected chi connectivity index (χ1v) is 9.54. The summed E-state index contributed by atoms with van der Waals surface area (Å²) in [6.07, 6.45) is 4.87. The van der Waals surface area contributed by atoms with Crippen LogP contribution >= 0.6 is 0 Å². The molecule has 1 unspecified atom stereocenters. The number of anilines is 1. The maximum absolute atomic E-state index is 12.7. The number of aromatic nitrogens is 7. The number of nitrogens with zero attached hydrogens (tertiary/aromatic N) is 8. The van der Waals surface area contributed by atoms with E-state index in [9.17, 15) is 4.79 Å². The lowest BCUT2D eigenvalue weighted by Gasteiger charge is -2.19. The maximum atomic E-state index is 12.7. The van der Waals surface area contributed by atoms with Gasteiger partial charge >= 0.3 is 0 Å². The Morgan fingerprint density at radius 1 is 1.14 bits per heavy atom. The van der Waals surface area contributed by atoms with Crippen molar-refractivity contribution >= 4 is 17.0 Å². The molecule has 1 saturated heterocycles. The van der Waals surface area contributed by atoms with E-state index in [0.29, 0.717) is 34.8 Å². The average Bonchev–Trinajstić information content (AvgIpc) is 3.16. The maximum Gasteiger partial charge on any atom is 0.280 e. The van der Waals surface area contributed by atoms with E-state index in [1.165, 1.54) is 10.9 Å². The highest BCUT2D eigenvalue weighted by molar-refractivity contribution is 5.68. The Hall–Kier alpha value is -3.56. The van der Waals surface area contributed by atoms with Crippen LogP contribution in [0, 0.1) is 11.8 Å². The van der Waals surface area contributed by atoms with Crippen molar-refractivity contribution in [1.82, 2.24) is 34.2 Å². The summed E-state index contributed by atoms with van der Waals surface area (Å²) in [6, 6.07) is 5.97. The van der Waals surface area contributed by atoms with Gasteiger partial charge in [0, 0.05) is 32.3 Å². The van der Waals surface area contributed by atoms with E-state index in [4.69, 9.17) is 4.52 Å². The molecular formula is C19H18N8O2. The van der Waals surface area contributed by atoms with Gasteiger partial charge in [0.15, 0.2) is 17.0 Å². The van der Waals surface area contributed by atoms with Crippen molar-refractivity contribution in [3.63, 3.8) is 0 Å². The van der Waals surface area contributed by atoms with E-state index in [-0.39, 0.29) is 12.1 Å². The quantitative estimate of drug-likeness (QED) is 0.504. The van der Waals surface area contributed by atoms with Crippen molar-refractivity contribution in [1.29, 1.82) is 0 Å². The van der Waals surface area contributed by atoms with Crippen molar-refractivity contribution < 1.29 is 4.52 Å². The Morgan fingerprint density at radius 3 is 2.76 bits per heavy atom. The lowest BCUT2D eigenvalue weighted by Crippen LogP contribution is -2.24. The van der Waals surface area contributed by atoms with Gasteiger partial charge in [0.1, 0.15) is 18.7 Å². The van der Waals surface area contributed by atoms with Crippen LogP contribution in [0.4, 0.5) is 5.82 Å². The van der Waals surface area contributed by atoms with Crippen LogP contribution in [0.25, 0.3) is 11.2 Å². The van der Waals surface area contributed by atoms with E-state index in [1.807, 2.05) is 24.4 Å². The summed E-state index contributed by atoms with van der Waals surface area (Å²) in [5, 5.41) is 4.18. The molecule has 1 saturated carbocycles. The molecule has 4 aromatic rings. The number of aryl methyl sites for hydroxylation is 1. The summed E-state index contributed by atoms with van der Waals surface area (Å²) in [5.41, 5.74) is 0.714. The molecule has 1 aliphatic carbocycles. The molecule has 3 atom stereocenters. The summed E-state index contributed by atoms with van der Waals surface area (Å²) in [6.45, 7) is 2.11. The molecule has 2 aliphatic rings. The fraction of sp³-hybridized carbons (Fsp3) is 0.368. The molecule has 6 rings (SSSR count). The van der Waals surface area contributed by atoms with Gasteiger partial charge < -0.3 is 14.0 Å². The standard InChI is InChI=1S/C19H18N8O2/c1-25-9-21-18-16(25)19(28)27(10-22-18)8-14-23-17(24-29-14)15-11-6-26(7-12(11)15)13-4-2-3-5-20-13/h2-5,9-12,15H,6-8H2,1H3/t11-,12+,15?. The molecule has 1 aliphatic heterocycles. The minimum Gasteiger partial charge on any atom is -0.356 e. The fourth-order valence-electron chi connectivity index (χ4n) is 4.43. The summed E-state index contributed by atoms with van der Waals surface area (Å²) in [5.74, 6) is 3.54. The van der Waals surface area contributed by atoms with Crippen LogP contribution in [-0.2, 0) is 13.6 Å². The second-order valence-electron chi connectivity index (χ2n) is 7.70. The van der Waals surface area contributed by atoms with Crippen LogP contribution in [0.2, 0.25) is 0 Å². The van der Waals surface area contributed by atoms with Crippen LogP contribution in [0.1, 0.15) is 17.6 Å². The molecule has 5 heterocycles. The van der Waals surface area contributed by atoms with Gasteiger partial charge in [-0.1, -0.05) is 11.2 Å². The Morgan fingerprint density at radius 2 is 1.97 bits per heavy atom. The predicted octanol–water partition coefficient (Wildman–Crippen LogP) is 0.806. The van der Waals surface area contributed by atoms with Crippen molar-refractivity contribution in [2.75, 3.05) is 18.0 Å². The third-order valence-corrected chi connectivity index (χ3v) is 5.96. The fourth-order valence-corrected chi connectivity index (χ4v) is 4.43. The SMILES string of the molecule is Cn1cnc2ncn(Cc3nc(C4[C@H]5CN(c6ccccn6)C[C@@H]45)no3)c(=O)c21. The van der Waals surface area contributed by atoms with Gasteiger partial charge in [-0.3, -0.25) is 9.36 Å². The van der Waals surface area contributed by atoms with E-state index in [2.05, 4.69) is 30.0 Å². The zero-order valence-electron chi connectivity index (χ0n) is 15.7. The Bertz CT molecular complexity index is 1250. The van der Waals surface area contributed by atoms with Gasteiger partial charge in [0.05, 0.1) is 6.33 Å². The zero-order valence-corrected chi connectivity index (χ0v) is 15.7. The van der Waals surface area contributed by atoms with Crippen molar-refractivity contribution in [3.05, 3.63) is 59.1 Å². The first kappa shape index (κ1) is 16.4. The number of imidazole rings is 1. The molecule has 10 heteroatoms. The molecule has 0 bridgehead atoms. The van der Waals surface area contributed by atoms with Gasteiger partial charge in [0.2, 0.25) is 5.89 Å². The zero-order chi connectivity index (χ0) is 19.5. The highest BCUT2D eigenvalue weighted by Gasteiger charge is 2.58. The summed E-state index contributed by atoms with van der Waals surface area (Å²) in [7, 11) is 1.77. The van der Waals surface area contributed by atoms with E-state index < -0.39 is 0 Å². The summed E-state index contributed by atoms with van der Waals surface area (Å²) >= 11 is 0. The van der Waals surface area contributed by atoms with Crippen LogP contribution in [0.3, 0.4) is 0 Å². The normalized spacial score (nSPS) is 22.9. The third-order valence-electron chi connectivity index (χ3n) is 5.96.